The summed E-state index contributed by atoms with van der Waals surface area (Å²) in [5, 5.41) is 0. The average molecular weight is 91.1 g/mol. The molecule has 0 spiro atoms. The molecule has 1 rings (SSSR count). The topological polar surface area (TPSA) is 4.44 Å². The van der Waals surface area contributed by atoms with E-state index in [9.17, 15) is 8.78 Å². The Bertz CT molecular complexity index is 72.9. The van der Waals surface area contributed by atoms with Crippen LogP contribution in [0.3, 0.4) is 0 Å². The van der Waals surface area contributed by atoms with Crippen LogP contribution in [0.5, 0.6) is 0 Å². The van der Waals surface area contributed by atoms with E-state index in [1.165, 1.54) is 12.4 Å². The molecular formula is C3H3F2N. The van der Waals surface area contributed by atoms with E-state index in [0.29, 0.717) is 0 Å². The summed E-state index contributed by atoms with van der Waals surface area (Å²) >= 11 is 0. The van der Waals surface area contributed by atoms with Crippen molar-refractivity contribution in [2.45, 2.75) is 0 Å². The summed E-state index contributed by atoms with van der Waals surface area (Å²) in [6.07, 6.45) is 2.74. The largest absolute Gasteiger partial charge is 0.355 e. The van der Waals surface area contributed by atoms with E-state index < -0.39 is 6.55 Å². The van der Waals surface area contributed by atoms with E-state index in [0.717, 1.165) is 0 Å². The van der Waals surface area contributed by atoms with Crippen molar-refractivity contribution in [3.05, 3.63) is 18.9 Å². The first-order valence-electron chi connectivity index (χ1n) is 1.54. The smallest absolute Gasteiger partial charge is 0.206 e. The highest BCUT2D eigenvalue weighted by molar-refractivity contribution is 4.76. The maximum absolute atomic E-state index is 11.0. The number of halogens is 2. The Morgan fingerprint density at radius 2 is 1.83 bits per heavy atom. The predicted molar refractivity (Wildman–Crippen MR) is 15.6 cm³/mol. The van der Waals surface area contributed by atoms with Crippen LogP contribution in [0, 0.1) is 6.55 Å². The number of nitrogens with one attached hydrogen (secondary N) is 1. The van der Waals surface area contributed by atoms with Crippen molar-refractivity contribution in [1.82, 2.24) is 0 Å². The first-order chi connectivity index (χ1) is 2.80. The lowest BCUT2D eigenvalue weighted by Gasteiger charge is -2.02. The fraction of sp³-hybridized carbons (Fsp3) is 0. The third kappa shape index (κ3) is 0.542. The number of hydrogen-bond donors (Lipinski definition) is 1. The van der Waals surface area contributed by atoms with Crippen molar-refractivity contribution in [1.29, 1.82) is 0 Å². The second-order valence-electron chi connectivity index (χ2n) is 1.05. The maximum Gasteiger partial charge on any atom is 0.206 e. The SMILES string of the molecule is F[C-](F)[NH+]1C=C1. The van der Waals surface area contributed by atoms with Gasteiger partial charge in [-0.05, 0) is 0 Å². The van der Waals surface area contributed by atoms with Crippen LogP contribution in [0.4, 0.5) is 8.78 Å². The molecule has 34 valence electrons. The highest BCUT2D eigenvalue weighted by Crippen LogP contribution is 1.92. The number of rotatable bonds is 1. The van der Waals surface area contributed by atoms with Crippen LogP contribution < -0.4 is 4.90 Å². The minimum absolute atomic E-state index is 0.0926. The van der Waals surface area contributed by atoms with Crippen molar-refractivity contribution in [2.24, 2.45) is 0 Å². The monoisotopic (exact) mass is 91.0 g/mol. The summed E-state index contributed by atoms with van der Waals surface area (Å²) in [5.74, 6) is 0. The van der Waals surface area contributed by atoms with Gasteiger partial charge in [-0.2, -0.15) is 0 Å². The van der Waals surface area contributed by atoms with Gasteiger partial charge in [0.25, 0.3) is 0 Å². The Morgan fingerprint density at radius 1 is 1.33 bits per heavy atom. The lowest BCUT2D eigenvalue weighted by atomic mass is 11.1. The van der Waals surface area contributed by atoms with Crippen LogP contribution in [-0.2, 0) is 0 Å². The average Bonchev–Trinajstić information content (AvgIpc) is 2.06. The Kier molecular flexibility index (Phi) is 0.630. The molecule has 0 bridgehead atoms. The number of quaternary nitrogens is 1. The van der Waals surface area contributed by atoms with Gasteiger partial charge in [0.05, 0.1) is 0 Å². The van der Waals surface area contributed by atoms with Gasteiger partial charge in [-0.15, -0.1) is 0 Å². The van der Waals surface area contributed by atoms with Crippen molar-refractivity contribution >= 4 is 0 Å². The molecule has 3 heteroatoms. The van der Waals surface area contributed by atoms with E-state index in [1.54, 1.807) is 0 Å². The summed E-state index contributed by atoms with van der Waals surface area (Å²) in [7, 11) is 0. The third-order valence-corrected chi connectivity index (χ3v) is 0.552. The van der Waals surface area contributed by atoms with Crippen LogP contribution >= 0.6 is 0 Å². The van der Waals surface area contributed by atoms with E-state index >= 15 is 0 Å². The van der Waals surface area contributed by atoms with Gasteiger partial charge in [-0.1, -0.05) is 0 Å². The van der Waals surface area contributed by atoms with Crippen molar-refractivity contribution in [3.63, 3.8) is 0 Å². The first kappa shape index (κ1) is 3.74. The second kappa shape index (κ2) is 1.01. The molecule has 0 aromatic rings. The molecule has 1 aliphatic rings. The number of hydrogen-bond acceptors (Lipinski definition) is 0. The van der Waals surface area contributed by atoms with Gasteiger partial charge >= 0.3 is 0 Å². The molecule has 0 unspecified atom stereocenters. The normalized spacial score (nSPS) is 19.8. The van der Waals surface area contributed by atoms with Crippen LogP contribution in [0.25, 0.3) is 0 Å². The van der Waals surface area contributed by atoms with Crippen LogP contribution in [-0.4, -0.2) is 0 Å². The molecule has 1 nitrogen and oxygen atoms in total. The standard InChI is InChI=1S/C3H3F2N/c4-3(5)6-1-2-6/h1-2,6H. The molecule has 0 saturated heterocycles. The molecule has 1 N–H and O–H groups in total. The van der Waals surface area contributed by atoms with E-state index in [2.05, 4.69) is 0 Å². The highest BCUT2D eigenvalue weighted by Gasteiger charge is 2.12. The van der Waals surface area contributed by atoms with Crippen molar-refractivity contribution in [2.75, 3.05) is 0 Å². The molecule has 0 aromatic heterocycles. The van der Waals surface area contributed by atoms with Gasteiger partial charge in [-0.3, -0.25) is 0 Å². The van der Waals surface area contributed by atoms with Crippen LogP contribution in [0.15, 0.2) is 12.4 Å². The van der Waals surface area contributed by atoms with Gasteiger partial charge in [0, 0.05) is 0 Å². The summed E-state index contributed by atoms with van der Waals surface area (Å²) in [4.78, 5) is 0.0926. The molecule has 0 radical (unpaired) electrons. The maximum atomic E-state index is 11.0. The predicted octanol–water partition coefficient (Wildman–Crippen LogP) is -0.258. The van der Waals surface area contributed by atoms with E-state index in [1.807, 2.05) is 0 Å². The Balaban J connectivity index is 2.16. The van der Waals surface area contributed by atoms with Crippen LogP contribution in [0.1, 0.15) is 0 Å². The minimum atomic E-state index is -1.57. The fourth-order valence-electron chi connectivity index (χ4n) is 0.168. The Morgan fingerprint density at radius 3 is 1.83 bits per heavy atom. The Labute approximate surface area is 33.9 Å². The van der Waals surface area contributed by atoms with Crippen molar-refractivity contribution < 1.29 is 13.7 Å². The Hall–Kier alpha value is -0.440. The van der Waals surface area contributed by atoms with Gasteiger partial charge in [0.1, 0.15) is 12.4 Å². The highest BCUT2D eigenvalue weighted by atomic mass is 19.3. The van der Waals surface area contributed by atoms with Gasteiger partial charge < -0.3 is 13.7 Å². The van der Waals surface area contributed by atoms with Crippen LogP contribution in [0.2, 0.25) is 0 Å². The fourth-order valence-corrected chi connectivity index (χ4v) is 0.168. The first-order valence-corrected chi connectivity index (χ1v) is 1.54. The molecule has 0 atom stereocenters. The summed E-state index contributed by atoms with van der Waals surface area (Å²) in [6, 6.07) is 0. The lowest BCUT2D eigenvalue weighted by molar-refractivity contribution is -0.746. The molecule has 0 saturated carbocycles. The lowest BCUT2D eigenvalue weighted by Crippen LogP contribution is -2.90. The molecule has 1 heterocycles. The molecule has 6 heavy (non-hydrogen) atoms. The van der Waals surface area contributed by atoms with Gasteiger partial charge in [-0.25, -0.2) is 0 Å². The van der Waals surface area contributed by atoms with Gasteiger partial charge in [0.2, 0.25) is 6.55 Å². The molecular weight excluding hydrogens is 88.0 g/mol. The minimum Gasteiger partial charge on any atom is -0.355 e. The molecule has 0 amide bonds. The van der Waals surface area contributed by atoms with Gasteiger partial charge in [0.15, 0.2) is 0 Å². The third-order valence-electron chi connectivity index (χ3n) is 0.552. The second-order valence-corrected chi connectivity index (χ2v) is 1.05. The van der Waals surface area contributed by atoms with E-state index in [4.69, 9.17) is 0 Å². The molecule has 0 aliphatic carbocycles. The molecule has 0 fully saturated rings. The summed E-state index contributed by atoms with van der Waals surface area (Å²) < 4.78 is 22.1. The molecule has 1 aliphatic heterocycles. The molecule has 0 aromatic carbocycles. The summed E-state index contributed by atoms with van der Waals surface area (Å²) in [6.45, 7) is -1.57. The van der Waals surface area contributed by atoms with E-state index in [-0.39, 0.29) is 4.90 Å². The zero-order valence-corrected chi connectivity index (χ0v) is 2.91. The zero-order valence-electron chi connectivity index (χ0n) is 2.91. The van der Waals surface area contributed by atoms with Crippen molar-refractivity contribution in [3.8, 4) is 0 Å². The quantitative estimate of drug-likeness (QED) is 0.335. The summed E-state index contributed by atoms with van der Waals surface area (Å²) in [5.41, 5.74) is 0. The zero-order chi connectivity index (χ0) is 4.57.